The van der Waals surface area contributed by atoms with Crippen molar-refractivity contribution >= 4 is 28.3 Å². The van der Waals surface area contributed by atoms with Crippen LogP contribution in [0.1, 0.15) is 5.82 Å². The number of halogens is 2. The zero-order valence-corrected chi connectivity index (χ0v) is 9.41. The van der Waals surface area contributed by atoms with E-state index in [0.29, 0.717) is 0 Å². The molecule has 0 aromatic carbocycles. The first-order valence-corrected chi connectivity index (χ1v) is 4.98. The second-order valence-electron chi connectivity index (χ2n) is 2.57. The number of aromatic nitrogens is 2. The summed E-state index contributed by atoms with van der Waals surface area (Å²) in [5.41, 5.74) is 4.90. The standard InChI is InChI=1S/C7H8F2N4O3S/c1-15-6(14)4(12-16-2-3(8)9)5-11-7(10)17-13-5/h3H,2H2,1H3,(H2,10,11,13)/b12-4-. The summed E-state index contributed by atoms with van der Waals surface area (Å²) in [5.74, 6) is -1.04. The molecule has 1 aromatic rings. The highest BCUT2D eigenvalue weighted by Gasteiger charge is 2.21. The van der Waals surface area contributed by atoms with E-state index in [1.165, 1.54) is 0 Å². The topological polar surface area (TPSA) is 99.7 Å². The van der Waals surface area contributed by atoms with Gasteiger partial charge in [-0.25, -0.2) is 13.6 Å². The number of nitrogens with zero attached hydrogens (tertiary/aromatic N) is 3. The Morgan fingerprint density at radius 3 is 2.82 bits per heavy atom. The summed E-state index contributed by atoms with van der Waals surface area (Å²) in [5, 5.41) is 3.31. The monoisotopic (exact) mass is 266 g/mol. The van der Waals surface area contributed by atoms with Gasteiger partial charge < -0.3 is 15.3 Å². The van der Waals surface area contributed by atoms with Crippen molar-refractivity contribution in [3.8, 4) is 0 Å². The summed E-state index contributed by atoms with van der Waals surface area (Å²) in [6.45, 7) is -0.944. The van der Waals surface area contributed by atoms with Gasteiger partial charge in [-0.2, -0.15) is 9.36 Å². The predicted molar refractivity (Wildman–Crippen MR) is 54.8 cm³/mol. The molecule has 0 bridgehead atoms. The minimum absolute atomic E-state index is 0.102. The van der Waals surface area contributed by atoms with E-state index in [2.05, 4.69) is 24.1 Å². The number of carbonyl (C=O) groups is 1. The van der Waals surface area contributed by atoms with Crippen molar-refractivity contribution in [2.24, 2.45) is 5.16 Å². The third-order valence-electron chi connectivity index (χ3n) is 1.39. The molecule has 94 valence electrons. The summed E-state index contributed by atoms with van der Waals surface area (Å²) in [7, 11) is 1.10. The van der Waals surface area contributed by atoms with E-state index in [1.807, 2.05) is 0 Å². The molecule has 0 saturated carbocycles. The van der Waals surface area contributed by atoms with Crippen LogP contribution in [0.2, 0.25) is 0 Å². The first-order chi connectivity index (χ1) is 8.04. The lowest BCUT2D eigenvalue weighted by Crippen LogP contribution is -2.19. The van der Waals surface area contributed by atoms with Gasteiger partial charge >= 0.3 is 5.97 Å². The number of hydrogen-bond donors (Lipinski definition) is 1. The molecule has 0 saturated heterocycles. The van der Waals surface area contributed by atoms with E-state index >= 15 is 0 Å². The molecule has 0 amide bonds. The smallest absolute Gasteiger partial charge is 0.364 e. The van der Waals surface area contributed by atoms with Crippen molar-refractivity contribution in [2.75, 3.05) is 19.5 Å². The van der Waals surface area contributed by atoms with E-state index in [9.17, 15) is 13.6 Å². The summed E-state index contributed by atoms with van der Waals surface area (Å²) in [6, 6.07) is 0. The third-order valence-corrected chi connectivity index (χ3v) is 1.93. The molecule has 0 aliphatic carbocycles. The molecule has 17 heavy (non-hydrogen) atoms. The first kappa shape index (κ1) is 13.2. The maximum atomic E-state index is 11.8. The summed E-state index contributed by atoms with van der Waals surface area (Å²) < 4.78 is 31.7. The molecule has 0 atom stereocenters. The molecular weight excluding hydrogens is 258 g/mol. The maximum Gasteiger partial charge on any atom is 0.364 e. The number of carbonyl (C=O) groups excluding carboxylic acids is 1. The number of alkyl halides is 2. The Hall–Kier alpha value is -1.84. The van der Waals surface area contributed by atoms with Gasteiger partial charge in [0.15, 0.2) is 11.7 Å². The number of esters is 1. The van der Waals surface area contributed by atoms with Crippen molar-refractivity contribution < 1.29 is 23.1 Å². The van der Waals surface area contributed by atoms with Crippen LogP contribution in [0.25, 0.3) is 0 Å². The van der Waals surface area contributed by atoms with Crippen LogP contribution in [-0.4, -0.2) is 41.2 Å². The average molecular weight is 266 g/mol. The van der Waals surface area contributed by atoms with Crippen LogP contribution in [0, 0.1) is 0 Å². The molecule has 1 rings (SSSR count). The highest BCUT2D eigenvalue weighted by Crippen LogP contribution is 2.08. The molecule has 10 heteroatoms. The number of rotatable bonds is 5. The second kappa shape index (κ2) is 6.03. The van der Waals surface area contributed by atoms with Crippen LogP contribution >= 0.6 is 11.5 Å². The van der Waals surface area contributed by atoms with Gasteiger partial charge in [-0.3, -0.25) is 0 Å². The molecule has 0 spiro atoms. The van der Waals surface area contributed by atoms with Crippen LogP contribution in [-0.2, 0) is 14.4 Å². The Labute approximate surface area is 98.4 Å². The van der Waals surface area contributed by atoms with E-state index in [4.69, 9.17) is 5.73 Å². The fourth-order valence-corrected chi connectivity index (χ4v) is 1.19. The number of ether oxygens (including phenoxy) is 1. The number of nitrogen functional groups attached to an aromatic ring is 1. The third kappa shape index (κ3) is 3.90. The second-order valence-corrected chi connectivity index (χ2v) is 3.36. The Morgan fingerprint density at radius 1 is 1.65 bits per heavy atom. The molecule has 2 N–H and O–H groups in total. The minimum atomic E-state index is -2.70. The summed E-state index contributed by atoms with van der Waals surface area (Å²) in [4.78, 5) is 19.2. The van der Waals surface area contributed by atoms with E-state index in [0.717, 1.165) is 18.6 Å². The van der Waals surface area contributed by atoms with Crippen molar-refractivity contribution in [1.82, 2.24) is 9.36 Å². The van der Waals surface area contributed by atoms with Gasteiger partial charge in [0.1, 0.15) is 0 Å². The van der Waals surface area contributed by atoms with Crippen LogP contribution in [0.5, 0.6) is 0 Å². The van der Waals surface area contributed by atoms with Crippen molar-refractivity contribution in [1.29, 1.82) is 0 Å². The van der Waals surface area contributed by atoms with Crippen LogP contribution < -0.4 is 5.73 Å². The lowest BCUT2D eigenvalue weighted by atomic mass is 10.4. The first-order valence-electron chi connectivity index (χ1n) is 4.20. The lowest BCUT2D eigenvalue weighted by molar-refractivity contribution is -0.132. The number of hydrogen-bond acceptors (Lipinski definition) is 8. The van der Waals surface area contributed by atoms with Crippen molar-refractivity contribution in [2.45, 2.75) is 6.43 Å². The van der Waals surface area contributed by atoms with Crippen molar-refractivity contribution in [3.63, 3.8) is 0 Å². The molecule has 1 heterocycles. The Bertz CT molecular complexity index is 423. The van der Waals surface area contributed by atoms with Crippen LogP contribution in [0.4, 0.5) is 13.9 Å². The van der Waals surface area contributed by atoms with E-state index in [-0.39, 0.29) is 11.0 Å². The minimum Gasteiger partial charge on any atom is -0.464 e. The highest BCUT2D eigenvalue weighted by molar-refractivity contribution is 7.09. The van der Waals surface area contributed by atoms with Gasteiger partial charge in [0.2, 0.25) is 11.5 Å². The molecule has 0 aliphatic rings. The van der Waals surface area contributed by atoms with Gasteiger partial charge in [-0.15, -0.1) is 0 Å². The fourth-order valence-electron chi connectivity index (χ4n) is 0.756. The normalized spacial score (nSPS) is 11.6. The Morgan fingerprint density at radius 2 is 2.35 bits per heavy atom. The van der Waals surface area contributed by atoms with E-state index in [1.54, 1.807) is 0 Å². The molecule has 0 radical (unpaired) electrons. The van der Waals surface area contributed by atoms with Gasteiger partial charge in [-0.05, 0) is 0 Å². The van der Waals surface area contributed by atoms with Crippen LogP contribution in [0.3, 0.4) is 0 Å². The summed E-state index contributed by atoms with van der Waals surface area (Å²) in [6.07, 6.45) is -2.70. The largest absolute Gasteiger partial charge is 0.464 e. The fraction of sp³-hybridized carbons (Fsp3) is 0.429. The quantitative estimate of drug-likeness (QED) is 0.467. The zero-order chi connectivity index (χ0) is 12.8. The molecule has 0 aliphatic heterocycles. The number of nitrogens with two attached hydrogens (primary N) is 1. The average Bonchev–Trinajstić information content (AvgIpc) is 2.69. The number of oxime groups is 1. The number of anilines is 1. The molecule has 0 unspecified atom stereocenters. The highest BCUT2D eigenvalue weighted by atomic mass is 32.1. The maximum absolute atomic E-state index is 11.8. The Balaban J connectivity index is 2.84. The lowest BCUT2D eigenvalue weighted by Gasteiger charge is -2.01. The SMILES string of the molecule is COC(=O)/C(=N\OCC(F)F)c1nsc(N)n1. The van der Waals surface area contributed by atoms with Crippen molar-refractivity contribution in [3.05, 3.63) is 5.82 Å². The molecule has 1 aromatic heterocycles. The van der Waals surface area contributed by atoms with Gasteiger partial charge in [0, 0.05) is 11.5 Å². The zero-order valence-electron chi connectivity index (χ0n) is 8.59. The molecular formula is C7H8F2N4O3S. The Kier molecular flexibility index (Phi) is 4.69. The van der Waals surface area contributed by atoms with Gasteiger partial charge in [0.25, 0.3) is 6.43 Å². The molecule has 7 nitrogen and oxygen atoms in total. The van der Waals surface area contributed by atoms with Gasteiger partial charge in [0.05, 0.1) is 7.11 Å². The van der Waals surface area contributed by atoms with E-state index < -0.39 is 24.7 Å². The van der Waals surface area contributed by atoms with Crippen LogP contribution in [0.15, 0.2) is 5.16 Å². The summed E-state index contributed by atoms with van der Waals surface area (Å²) >= 11 is 0.825. The molecule has 0 fully saturated rings. The number of methoxy groups -OCH3 is 1. The predicted octanol–water partition coefficient (Wildman–Crippen LogP) is 0.279. The van der Waals surface area contributed by atoms with Gasteiger partial charge in [-0.1, -0.05) is 5.16 Å².